The number of hydrogen-bond donors (Lipinski definition) is 1. The quantitative estimate of drug-likeness (QED) is 0.483. The van der Waals surface area contributed by atoms with Gasteiger partial charge in [-0.25, -0.2) is 0 Å². The molecule has 132 valence electrons. The van der Waals surface area contributed by atoms with E-state index in [-0.39, 0.29) is 17.6 Å². The number of nitrogens with one attached hydrogen (secondary N) is 1. The van der Waals surface area contributed by atoms with E-state index in [0.717, 1.165) is 32.5 Å². The van der Waals surface area contributed by atoms with Crippen LogP contribution in [0.3, 0.4) is 0 Å². The van der Waals surface area contributed by atoms with Crippen LogP contribution in [-0.2, 0) is 0 Å². The Morgan fingerprint density at radius 1 is 1.32 bits per heavy atom. The van der Waals surface area contributed by atoms with Crippen LogP contribution in [0, 0.1) is 22.5 Å². The van der Waals surface area contributed by atoms with Gasteiger partial charge < -0.3 is 10.2 Å². The minimum absolute atomic E-state index is 0.0134. The van der Waals surface area contributed by atoms with Crippen molar-refractivity contribution in [2.45, 2.75) is 25.3 Å². The van der Waals surface area contributed by atoms with Gasteiger partial charge >= 0.3 is 0 Å². The van der Waals surface area contributed by atoms with Gasteiger partial charge in [0.25, 0.3) is 11.6 Å². The topological polar surface area (TPSA) is 78.7 Å². The van der Waals surface area contributed by atoms with E-state index < -0.39 is 4.92 Å². The van der Waals surface area contributed by atoms with E-state index in [1.54, 1.807) is 12.1 Å². The molecule has 1 aromatic rings. The second kappa shape index (κ2) is 7.53. The molecule has 0 aromatic heterocycles. The van der Waals surface area contributed by atoms with Crippen LogP contribution < -0.4 is 10.2 Å². The van der Waals surface area contributed by atoms with Crippen molar-refractivity contribution in [3.05, 3.63) is 33.9 Å². The largest absolute Gasteiger partial charge is 0.363 e. The van der Waals surface area contributed by atoms with Gasteiger partial charge in [-0.2, -0.15) is 0 Å². The molecule has 1 aliphatic carbocycles. The smallest absolute Gasteiger partial charge is 0.293 e. The first-order valence-corrected chi connectivity index (χ1v) is 8.58. The van der Waals surface area contributed by atoms with Gasteiger partial charge in [-0.1, -0.05) is 0 Å². The summed E-state index contributed by atoms with van der Waals surface area (Å²) >= 11 is 0. The average molecular weight is 342 g/mol. The summed E-state index contributed by atoms with van der Waals surface area (Å²) in [6, 6.07) is 4.97. The van der Waals surface area contributed by atoms with E-state index in [2.05, 4.69) is 16.1 Å². The van der Waals surface area contributed by atoms with Crippen molar-refractivity contribution in [1.29, 1.82) is 0 Å². The first kappa shape index (κ1) is 17.2. The van der Waals surface area contributed by atoms with E-state index in [1.165, 1.54) is 6.07 Å². The van der Waals surface area contributed by atoms with Gasteiger partial charge in [-0.15, -0.1) is 12.3 Å². The van der Waals surface area contributed by atoms with Gasteiger partial charge in [0.2, 0.25) is 0 Å². The lowest BCUT2D eigenvalue weighted by molar-refractivity contribution is -0.384. The average Bonchev–Trinajstić information content (AvgIpc) is 3.43. The van der Waals surface area contributed by atoms with Gasteiger partial charge in [0.1, 0.15) is 5.69 Å². The number of nitrogens with zero attached hydrogens (tertiary/aromatic N) is 3. The monoisotopic (exact) mass is 342 g/mol. The molecule has 7 heteroatoms. The fourth-order valence-electron chi connectivity index (χ4n) is 3.01. The highest BCUT2D eigenvalue weighted by atomic mass is 16.6. The number of carbonyl (C=O) groups excluding carboxylic acids is 1. The Labute approximate surface area is 147 Å². The number of terminal acetylenes is 1. The highest BCUT2D eigenvalue weighted by Crippen LogP contribution is 2.30. The van der Waals surface area contributed by atoms with Crippen molar-refractivity contribution in [3.63, 3.8) is 0 Å². The second-order valence-electron chi connectivity index (χ2n) is 6.49. The number of nitro groups is 1. The molecule has 1 amide bonds. The second-order valence-corrected chi connectivity index (χ2v) is 6.49. The predicted molar refractivity (Wildman–Crippen MR) is 95.7 cm³/mol. The Bertz CT molecular complexity index is 701. The molecule has 1 saturated carbocycles. The molecular weight excluding hydrogens is 320 g/mol. The van der Waals surface area contributed by atoms with Gasteiger partial charge in [0.05, 0.1) is 4.92 Å². The summed E-state index contributed by atoms with van der Waals surface area (Å²) in [4.78, 5) is 27.5. The molecule has 1 aliphatic heterocycles. The maximum Gasteiger partial charge on any atom is 0.293 e. The van der Waals surface area contributed by atoms with E-state index in [1.807, 2.05) is 4.90 Å². The Kier molecular flexibility index (Phi) is 5.19. The van der Waals surface area contributed by atoms with Gasteiger partial charge in [-0.3, -0.25) is 19.8 Å². The van der Waals surface area contributed by atoms with Crippen LogP contribution >= 0.6 is 0 Å². The molecule has 7 nitrogen and oxygen atoms in total. The lowest BCUT2D eigenvalue weighted by Gasteiger charge is -2.35. The number of amides is 1. The summed E-state index contributed by atoms with van der Waals surface area (Å²) in [6.07, 6.45) is 7.97. The van der Waals surface area contributed by atoms with Gasteiger partial charge in [0.15, 0.2) is 0 Å². The van der Waals surface area contributed by atoms with Crippen LogP contribution in [-0.4, -0.2) is 54.5 Å². The van der Waals surface area contributed by atoms with Crippen molar-refractivity contribution in [2.24, 2.45) is 0 Å². The summed E-state index contributed by atoms with van der Waals surface area (Å²) < 4.78 is 0. The Balaban J connectivity index is 1.71. The molecule has 2 fully saturated rings. The Morgan fingerprint density at radius 2 is 2.04 bits per heavy atom. The molecule has 25 heavy (non-hydrogen) atoms. The summed E-state index contributed by atoms with van der Waals surface area (Å²) in [7, 11) is 0. The number of benzene rings is 1. The normalized spacial score (nSPS) is 17.8. The molecule has 0 radical (unpaired) electrons. The lowest BCUT2D eigenvalue weighted by Crippen LogP contribution is -2.46. The zero-order valence-corrected chi connectivity index (χ0v) is 14.1. The molecule has 0 bridgehead atoms. The number of nitro benzene ring substituents is 1. The van der Waals surface area contributed by atoms with Crippen LogP contribution in [0.25, 0.3) is 0 Å². The first-order valence-electron chi connectivity index (χ1n) is 8.58. The molecule has 1 aromatic carbocycles. The predicted octanol–water partition coefficient (Wildman–Crippen LogP) is 1.63. The van der Waals surface area contributed by atoms with Gasteiger partial charge in [-0.05, 0) is 25.0 Å². The fraction of sp³-hybridized carbons (Fsp3) is 0.500. The van der Waals surface area contributed by atoms with Crippen LogP contribution in [0.2, 0.25) is 0 Å². The van der Waals surface area contributed by atoms with E-state index in [9.17, 15) is 14.9 Å². The molecule has 0 atom stereocenters. The Hall–Kier alpha value is -2.59. The third kappa shape index (κ3) is 4.28. The summed E-state index contributed by atoms with van der Waals surface area (Å²) in [6.45, 7) is 3.91. The highest BCUT2D eigenvalue weighted by Gasteiger charge is 2.27. The van der Waals surface area contributed by atoms with Crippen LogP contribution in [0.5, 0.6) is 0 Å². The van der Waals surface area contributed by atoms with Crippen LogP contribution in [0.4, 0.5) is 11.4 Å². The lowest BCUT2D eigenvalue weighted by atomic mass is 10.1. The molecule has 1 heterocycles. The molecule has 0 unspecified atom stereocenters. The third-order valence-corrected chi connectivity index (χ3v) is 4.63. The zero-order valence-electron chi connectivity index (χ0n) is 14.1. The molecule has 2 aliphatic rings. The van der Waals surface area contributed by atoms with Crippen molar-refractivity contribution >= 4 is 17.3 Å². The third-order valence-electron chi connectivity index (χ3n) is 4.63. The minimum atomic E-state index is -0.409. The number of carbonyl (C=O) groups is 1. The zero-order chi connectivity index (χ0) is 17.8. The number of hydrogen-bond acceptors (Lipinski definition) is 5. The number of rotatable bonds is 6. The van der Waals surface area contributed by atoms with Crippen LogP contribution in [0.1, 0.15) is 29.6 Å². The Morgan fingerprint density at radius 3 is 2.64 bits per heavy atom. The summed E-state index contributed by atoms with van der Waals surface area (Å²) in [5.74, 6) is 2.39. The van der Waals surface area contributed by atoms with Crippen molar-refractivity contribution in [2.75, 3.05) is 37.6 Å². The van der Waals surface area contributed by atoms with E-state index in [0.29, 0.717) is 30.8 Å². The van der Waals surface area contributed by atoms with Crippen molar-refractivity contribution in [3.8, 4) is 12.3 Å². The van der Waals surface area contributed by atoms with Crippen molar-refractivity contribution in [1.82, 2.24) is 10.2 Å². The maximum atomic E-state index is 12.1. The summed E-state index contributed by atoms with van der Waals surface area (Å²) in [5, 5.41) is 14.4. The minimum Gasteiger partial charge on any atom is -0.363 e. The standard InChI is InChI=1S/C18H22N4O3/c1-2-3-8-20-9-11-21(12-10-20)16-7-4-14(13-17(16)22(24)25)18(23)19-15-5-6-15/h1,4,7,13,15H,3,5-6,8-12H2,(H,19,23). The van der Waals surface area contributed by atoms with E-state index in [4.69, 9.17) is 6.42 Å². The number of anilines is 1. The van der Waals surface area contributed by atoms with E-state index >= 15 is 0 Å². The van der Waals surface area contributed by atoms with Crippen molar-refractivity contribution < 1.29 is 9.72 Å². The highest BCUT2D eigenvalue weighted by molar-refractivity contribution is 5.96. The molecular formula is C18H22N4O3. The summed E-state index contributed by atoms with van der Waals surface area (Å²) in [5.41, 5.74) is 0.903. The molecule has 3 rings (SSSR count). The number of piperazine rings is 1. The van der Waals surface area contributed by atoms with Crippen LogP contribution in [0.15, 0.2) is 18.2 Å². The fourth-order valence-corrected chi connectivity index (χ4v) is 3.01. The molecule has 1 saturated heterocycles. The maximum absolute atomic E-state index is 12.1. The molecule has 1 N–H and O–H groups in total. The SMILES string of the molecule is C#CCCN1CCN(c2ccc(C(=O)NC3CC3)cc2[N+](=O)[O-])CC1. The first-order chi connectivity index (χ1) is 12.1. The van der Waals surface area contributed by atoms with Gasteiger partial charge in [0, 0.05) is 56.8 Å². The molecule has 0 spiro atoms.